The number of benzene rings is 1. The summed E-state index contributed by atoms with van der Waals surface area (Å²) in [6, 6.07) is 6.44. The highest BCUT2D eigenvalue weighted by atomic mass is 79.9. The molecule has 0 N–H and O–H groups in total. The number of nitrogens with zero attached hydrogens (tertiary/aromatic N) is 3. The summed E-state index contributed by atoms with van der Waals surface area (Å²) in [5, 5.41) is 11.7. The summed E-state index contributed by atoms with van der Waals surface area (Å²) in [5.74, 6) is 0. The Morgan fingerprint density at radius 3 is 2.78 bits per heavy atom. The topological polar surface area (TPSA) is 68.9 Å². The molecule has 1 heterocycles. The summed E-state index contributed by atoms with van der Waals surface area (Å²) >= 11 is 10.2. The molecule has 0 fully saturated rings. The molecule has 2 aromatic rings. The fourth-order valence-corrected chi connectivity index (χ4v) is 2.73. The Bertz CT molecular complexity index is 611. The molecule has 18 heavy (non-hydrogen) atoms. The van der Waals surface area contributed by atoms with Crippen LogP contribution >= 0.6 is 39.3 Å². The standard InChI is InChI=1S/C10H5BrClN3O2S/c11-8-9(12)13-5-14-10(8)18-7-4-2-1-3-6(7)15(16)17/h1-5H. The first-order valence-corrected chi connectivity index (χ1v) is 6.65. The second kappa shape index (κ2) is 5.64. The highest BCUT2D eigenvalue weighted by molar-refractivity contribution is 9.10. The van der Waals surface area contributed by atoms with Crippen LogP contribution in [0.5, 0.6) is 0 Å². The predicted octanol–water partition coefficient (Wildman–Crippen LogP) is 3.95. The summed E-state index contributed by atoms with van der Waals surface area (Å²) in [6.45, 7) is 0. The Labute approximate surface area is 120 Å². The van der Waals surface area contributed by atoms with E-state index in [4.69, 9.17) is 11.6 Å². The summed E-state index contributed by atoms with van der Waals surface area (Å²) in [4.78, 5) is 18.8. The number of hydrogen-bond acceptors (Lipinski definition) is 5. The molecule has 0 aliphatic heterocycles. The fourth-order valence-electron chi connectivity index (χ4n) is 1.20. The average molecular weight is 347 g/mol. The van der Waals surface area contributed by atoms with Gasteiger partial charge in [0.15, 0.2) is 0 Å². The quantitative estimate of drug-likeness (QED) is 0.478. The van der Waals surface area contributed by atoms with Crippen LogP contribution in [0, 0.1) is 10.1 Å². The van der Waals surface area contributed by atoms with E-state index >= 15 is 0 Å². The van der Waals surface area contributed by atoms with Gasteiger partial charge in [-0.15, -0.1) is 0 Å². The number of para-hydroxylation sites is 1. The van der Waals surface area contributed by atoms with Crippen molar-refractivity contribution in [2.75, 3.05) is 0 Å². The summed E-state index contributed by atoms with van der Waals surface area (Å²) in [5.41, 5.74) is 0.0316. The van der Waals surface area contributed by atoms with E-state index in [-0.39, 0.29) is 10.8 Å². The van der Waals surface area contributed by atoms with Gasteiger partial charge in [-0.3, -0.25) is 10.1 Å². The SMILES string of the molecule is O=[N+]([O-])c1ccccc1Sc1ncnc(Cl)c1Br. The van der Waals surface area contributed by atoms with Gasteiger partial charge in [0.05, 0.1) is 14.3 Å². The summed E-state index contributed by atoms with van der Waals surface area (Å²) < 4.78 is 0.523. The largest absolute Gasteiger partial charge is 0.283 e. The highest BCUT2D eigenvalue weighted by Gasteiger charge is 2.16. The first kappa shape index (κ1) is 13.3. The molecule has 2 rings (SSSR count). The van der Waals surface area contributed by atoms with Crippen molar-refractivity contribution in [2.24, 2.45) is 0 Å². The van der Waals surface area contributed by atoms with Crippen LogP contribution in [0.4, 0.5) is 5.69 Å². The molecule has 0 unspecified atom stereocenters. The van der Waals surface area contributed by atoms with Crippen LogP contribution < -0.4 is 0 Å². The number of halogens is 2. The molecular formula is C10H5BrClN3O2S. The second-order valence-corrected chi connectivity index (χ2v) is 5.29. The number of rotatable bonds is 3. The highest BCUT2D eigenvalue weighted by Crippen LogP contribution is 2.38. The van der Waals surface area contributed by atoms with Crippen molar-refractivity contribution in [3.05, 3.63) is 50.3 Å². The molecule has 0 atom stereocenters. The lowest BCUT2D eigenvalue weighted by molar-refractivity contribution is -0.387. The van der Waals surface area contributed by atoms with Crippen molar-refractivity contribution in [1.82, 2.24) is 9.97 Å². The minimum atomic E-state index is -0.432. The van der Waals surface area contributed by atoms with Gasteiger partial charge in [0.25, 0.3) is 5.69 Å². The second-order valence-electron chi connectivity index (χ2n) is 3.11. The van der Waals surface area contributed by atoms with Crippen LogP contribution in [-0.4, -0.2) is 14.9 Å². The molecule has 0 aliphatic rings. The van der Waals surface area contributed by atoms with E-state index in [0.717, 1.165) is 11.8 Å². The molecular weight excluding hydrogens is 342 g/mol. The molecule has 0 bridgehead atoms. The zero-order valence-corrected chi connectivity index (χ0v) is 11.9. The van der Waals surface area contributed by atoms with Crippen LogP contribution in [0.1, 0.15) is 0 Å². The average Bonchev–Trinajstić information content (AvgIpc) is 2.35. The zero-order chi connectivity index (χ0) is 13.1. The Morgan fingerprint density at radius 1 is 1.33 bits per heavy atom. The Balaban J connectivity index is 2.40. The third kappa shape index (κ3) is 2.80. The first-order valence-electron chi connectivity index (χ1n) is 4.67. The van der Waals surface area contributed by atoms with E-state index in [9.17, 15) is 10.1 Å². The third-order valence-electron chi connectivity index (χ3n) is 1.98. The summed E-state index contributed by atoms with van der Waals surface area (Å²) in [6.07, 6.45) is 1.31. The Hall–Kier alpha value is -1.18. The molecule has 0 amide bonds. The van der Waals surface area contributed by atoms with Crippen LogP contribution in [0.25, 0.3) is 0 Å². The van der Waals surface area contributed by atoms with Crippen LogP contribution in [-0.2, 0) is 0 Å². The molecule has 0 aliphatic carbocycles. The first-order chi connectivity index (χ1) is 8.59. The number of nitro groups is 1. The van der Waals surface area contributed by atoms with Crippen molar-refractivity contribution < 1.29 is 4.92 Å². The van der Waals surface area contributed by atoms with E-state index in [1.54, 1.807) is 18.2 Å². The molecule has 0 spiro atoms. The minimum absolute atomic E-state index is 0.0316. The summed E-state index contributed by atoms with van der Waals surface area (Å²) in [7, 11) is 0. The van der Waals surface area contributed by atoms with Gasteiger partial charge in [0, 0.05) is 6.07 Å². The van der Waals surface area contributed by atoms with E-state index in [1.165, 1.54) is 12.4 Å². The molecule has 5 nitrogen and oxygen atoms in total. The number of hydrogen-bond donors (Lipinski definition) is 0. The maximum Gasteiger partial charge on any atom is 0.283 e. The smallest absolute Gasteiger partial charge is 0.258 e. The van der Waals surface area contributed by atoms with Crippen molar-refractivity contribution in [2.45, 2.75) is 9.92 Å². The normalized spacial score (nSPS) is 10.3. The van der Waals surface area contributed by atoms with E-state index < -0.39 is 4.92 Å². The lowest BCUT2D eigenvalue weighted by Gasteiger charge is -2.04. The maximum absolute atomic E-state index is 10.9. The molecule has 0 radical (unpaired) electrons. The molecule has 0 saturated heterocycles. The van der Waals surface area contributed by atoms with Gasteiger partial charge in [-0.25, -0.2) is 9.97 Å². The minimum Gasteiger partial charge on any atom is -0.258 e. The van der Waals surface area contributed by atoms with Gasteiger partial charge in [-0.1, -0.05) is 35.5 Å². The van der Waals surface area contributed by atoms with Crippen LogP contribution in [0.3, 0.4) is 0 Å². The van der Waals surface area contributed by atoms with E-state index in [1.807, 2.05) is 0 Å². The fraction of sp³-hybridized carbons (Fsp3) is 0. The van der Waals surface area contributed by atoms with Crippen molar-refractivity contribution in [3.63, 3.8) is 0 Å². The lowest BCUT2D eigenvalue weighted by atomic mass is 10.3. The lowest BCUT2D eigenvalue weighted by Crippen LogP contribution is -1.91. The van der Waals surface area contributed by atoms with Crippen LogP contribution in [0.2, 0.25) is 5.15 Å². The van der Waals surface area contributed by atoms with Crippen molar-refractivity contribution in [3.8, 4) is 0 Å². The van der Waals surface area contributed by atoms with Gasteiger partial charge in [-0.2, -0.15) is 0 Å². The molecule has 1 aromatic heterocycles. The Kier molecular flexibility index (Phi) is 4.15. The van der Waals surface area contributed by atoms with Crippen molar-refractivity contribution in [1.29, 1.82) is 0 Å². The van der Waals surface area contributed by atoms with E-state index in [0.29, 0.717) is 14.4 Å². The van der Waals surface area contributed by atoms with Crippen LogP contribution in [0.15, 0.2) is 45.0 Å². The number of aromatic nitrogens is 2. The molecule has 8 heteroatoms. The van der Waals surface area contributed by atoms with Gasteiger partial charge in [0.2, 0.25) is 0 Å². The van der Waals surface area contributed by atoms with E-state index in [2.05, 4.69) is 25.9 Å². The monoisotopic (exact) mass is 345 g/mol. The number of nitro benzene ring substituents is 1. The molecule has 1 aromatic carbocycles. The zero-order valence-electron chi connectivity index (χ0n) is 8.71. The van der Waals surface area contributed by atoms with Gasteiger partial charge >= 0.3 is 0 Å². The van der Waals surface area contributed by atoms with Crippen molar-refractivity contribution >= 4 is 45.0 Å². The maximum atomic E-state index is 10.9. The predicted molar refractivity (Wildman–Crippen MR) is 72.0 cm³/mol. The van der Waals surface area contributed by atoms with Gasteiger partial charge in [-0.05, 0) is 22.0 Å². The third-order valence-corrected chi connectivity index (χ3v) is 4.58. The van der Waals surface area contributed by atoms with Gasteiger partial charge in [0.1, 0.15) is 16.5 Å². The van der Waals surface area contributed by atoms with Gasteiger partial charge < -0.3 is 0 Å². The molecule has 92 valence electrons. The molecule has 0 saturated carbocycles. The Morgan fingerprint density at radius 2 is 2.06 bits per heavy atom.